The lowest BCUT2D eigenvalue weighted by Gasteiger charge is -2.08. The molecule has 0 aliphatic carbocycles. The molecule has 94 valence electrons. The number of hydrogen-bond donors (Lipinski definition) is 2. The van der Waals surface area contributed by atoms with E-state index in [4.69, 9.17) is 5.73 Å². The van der Waals surface area contributed by atoms with Crippen molar-refractivity contribution in [2.45, 2.75) is 12.5 Å². The first-order chi connectivity index (χ1) is 8.68. The first kappa shape index (κ1) is 11.2. The molecular formula is C12H13FN4O. The van der Waals surface area contributed by atoms with Crippen molar-refractivity contribution in [3.63, 3.8) is 0 Å². The molecule has 0 spiro atoms. The Balaban J connectivity index is 2.20. The van der Waals surface area contributed by atoms with Gasteiger partial charge in [0.15, 0.2) is 0 Å². The SMILES string of the molecule is NC(=O)c1cccc2c(F)n(C3CCNC3)nc12. The van der Waals surface area contributed by atoms with Crippen molar-refractivity contribution in [3.8, 4) is 0 Å². The van der Waals surface area contributed by atoms with Crippen molar-refractivity contribution >= 4 is 16.8 Å². The molecule has 1 saturated heterocycles. The first-order valence-corrected chi connectivity index (χ1v) is 5.85. The van der Waals surface area contributed by atoms with E-state index >= 15 is 0 Å². The second-order valence-corrected chi connectivity index (χ2v) is 4.45. The van der Waals surface area contributed by atoms with E-state index in [2.05, 4.69) is 10.4 Å². The van der Waals surface area contributed by atoms with E-state index in [1.54, 1.807) is 18.2 Å². The van der Waals surface area contributed by atoms with Crippen LogP contribution in [0.5, 0.6) is 0 Å². The summed E-state index contributed by atoms with van der Waals surface area (Å²) in [5.74, 6) is -0.989. The Hall–Kier alpha value is -1.95. The average Bonchev–Trinajstić information content (AvgIpc) is 2.97. The molecule has 1 amide bonds. The van der Waals surface area contributed by atoms with Gasteiger partial charge in [-0.3, -0.25) is 4.79 Å². The van der Waals surface area contributed by atoms with Crippen LogP contribution in [0.25, 0.3) is 10.9 Å². The Morgan fingerprint density at radius 2 is 2.39 bits per heavy atom. The number of primary amides is 1. The summed E-state index contributed by atoms with van der Waals surface area (Å²) in [5.41, 5.74) is 5.87. The molecule has 1 aromatic carbocycles. The van der Waals surface area contributed by atoms with E-state index in [0.29, 0.717) is 17.4 Å². The van der Waals surface area contributed by atoms with Gasteiger partial charge < -0.3 is 11.1 Å². The summed E-state index contributed by atoms with van der Waals surface area (Å²) in [6.07, 6.45) is 0.830. The maximum Gasteiger partial charge on any atom is 0.250 e. The Bertz CT molecular complexity index is 616. The number of amides is 1. The number of hydrogen-bond acceptors (Lipinski definition) is 3. The molecule has 3 N–H and O–H groups in total. The van der Waals surface area contributed by atoms with Gasteiger partial charge in [0.25, 0.3) is 5.91 Å². The number of nitrogens with one attached hydrogen (secondary N) is 1. The molecule has 18 heavy (non-hydrogen) atoms. The Morgan fingerprint density at radius 3 is 3.06 bits per heavy atom. The lowest BCUT2D eigenvalue weighted by atomic mass is 10.1. The van der Waals surface area contributed by atoms with Crippen molar-refractivity contribution in [2.75, 3.05) is 13.1 Å². The summed E-state index contributed by atoms with van der Waals surface area (Å²) in [7, 11) is 0. The molecule has 1 unspecified atom stereocenters. The second-order valence-electron chi connectivity index (χ2n) is 4.45. The highest BCUT2D eigenvalue weighted by Crippen LogP contribution is 2.25. The lowest BCUT2D eigenvalue weighted by Crippen LogP contribution is -2.16. The van der Waals surface area contributed by atoms with Gasteiger partial charge >= 0.3 is 0 Å². The van der Waals surface area contributed by atoms with Crippen LogP contribution in [0.4, 0.5) is 4.39 Å². The van der Waals surface area contributed by atoms with E-state index in [9.17, 15) is 9.18 Å². The van der Waals surface area contributed by atoms with Gasteiger partial charge in [0.2, 0.25) is 5.95 Å². The molecule has 0 bridgehead atoms. The van der Waals surface area contributed by atoms with Gasteiger partial charge in [-0.15, -0.1) is 0 Å². The van der Waals surface area contributed by atoms with Gasteiger partial charge in [-0.25, -0.2) is 4.68 Å². The summed E-state index contributed by atoms with van der Waals surface area (Å²) in [4.78, 5) is 11.3. The number of rotatable bonds is 2. The topological polar surface area (TPSA) is 72.9 Å². The molecule has 1 aliphatic rings. The highest BCUT2D eigenvalue weighted by atomic mass is 19.1. The fraction of sp³-hybridized carbons (Fsp3) is 0.333. The number of nitrogens with zero attached hydrogens (tertiary/aromatic N) is 2. The van der Waals surface area contributed by atoms with Gasteiger partial charge in [0.1, 0.15) is 5.52 Å². The summed E-state index contributed by atoms with van der Waals surface area (Å²) in [6, 6.07) is 4.79. The van der Waals surface area contributed by atoms with Crippen LogP contribution >= 0.6 is 0 Å². The molecule has 3 rings (SSSR count). The number of halogens is 1. The molecule has 0 radical (unpaired) electrons. The summed E-state index contributed by atoms with van der Waals surface area (Å²) >= 11 is 0. The molecular weight excluding hydrogens is 235 g/mol. The molecule has 1 fully saturated rings. The molecule has 1 aliphatic heterocycles. The number of carbonyl (C=O) groups excluding carboxylic acids is 1. The van der Waals surface area contributed by atoms with E-state index in [-0.39, 0.29) is 11.6 Å². The van der Waals surface area contributed by atoms with Crippen molar-refractivity contribution in [1.29, 1.82) is 0 Å². The highest BCUT2D eigenvalue weighted by Gasteiger charge is 2.23. The Labute approximate surface area is 103 Å². The van der Waals surface area contributed by atoms with Crippen LogP contribution < -0.4 is 11.1 Å². The predicted octanol–water partition coefficient (Wildman–Crippen LogP) is 0.809. The molecule has 2 aromatic rings. The molecule has 0 saturated carbocycles. The van der Waals surface area contributed by atoms with Crippen LogP contribution in [0.3, 0.4) is 0 Å². The zero-order chi connectivity index (χ0) is 12.7. The summed E-state index contributed by atoms with van der Waals surface area (Å²) in [5, 5.41) is 7.72. The van der Waals surface area contributed by atoms with Gasteiger partial charge in [-0.1, -0.05) is 6.07 Å². The second kappa shape index (κ2) is 4.06. The average molecular weight is 248 g/mol. The lowest BCUT2D eigenvalue weighted by molar-refractivity contribution is 0.100. The van der Waals surface area contributed by atoms with Crippen LogP contribution in [0.1, 0.15) is 22.8 Å². The molecule has 1 atom stereocenters. The van der Waals surface area contributed by atoms with Gasteiger partial charge in [0, 0.05) is 6.54 Å². The maximum absolute atomic E-state index is 14.2. The number of fused-ring (bicyclic) bond motifs is 1. The standard InChI is InChI=1S/C12H13FN4O/c13-11-8-2-1-3-9(12(14)18)10(8)16-17(11)7-4-5-15-6-7/h1-3,7,15H,4-6H2,(H2,14,18). The largest absolute Gasteiger partial charge is 0.366 e. The first-order valence-electron chi connectivity index (χ1n) is 5.85. The molecule has 5 nitrogen and oxygen atoms in total. The fourth-order valence-corrected chi connectivity index (χ4v) is 2.38. The van der Waals surface area contributed by atoms with Gasteiger partial charge in [-0.2, -0.15) is 9.49 Å². The molecule has 6 heteroatoms. The van der Waals surface area contributed by atoms with E-state index in [1.807, 2.05) is 0 Å². The zero-order valence-electron chi connectivity index (χ0n) is 9.69. The monoisotopic (exact) mass is 248 g/mol. The van der Waals surface area contributed by atoms with Crippen LogP contribution in [0.2, 0.25) is 0 Å². The highest BCUT2D eigenvalue weighted by molar-refractivity contribution is 6.04. The van der Waals surface area contributed by atoms with E-state index < -0.39 is 11.9 Å². The Kier molecular flexibility index (Phi) is 2.52. The van der Waals surface area contributed by atoms with Crippen LogP contribution in [-0.4, -0.2) is 28.8 Å². The van der Waals surface area contributed by atoms with Crippen LogP contribution in [-0.2, 0) is 0 Å². The maximum atomic E-state index is 14.2. The summed E-state index contributed by atoms with van der Waals surface area (Å²) < 4.78 is 15.6. The van der Waals surface area contributed by atoms with E-state index in [0.717, 1.165) is 13.0 Å². The normalized spacial score (nSPS) is 19.5. The third kappa shape index (κ3) is 1.57. The van der Waals surface area contributed by atoms with Crippen LogP contribution in [0.15, 0.2) is 18.2 Å². The number of nitrogens with two attached hydrogens (primary N) is 1. The van der Waals surface area contributed by atoms with E-state index in [1.165, 1.54) is 4.68 Å². The minimum Gasteiger partial charge on any atom is -0.366 e. The van der Waals surface area contributed by atoms with Gasteiger partial charge in [0.05, 0.1) is 17.0 Å². The Morgan fingerprint density at radius 1 is 1.56 bits per heavy atom. The van der Waals surface area contributed by atoms with Crippen molar-refractivity contribution in [3.05, 3.63) is 29.7 Å². The fourth-order valence-electron chi connectivity index (χ4n) is 2.38. The predicted molar refractivity (Wildman–Crippen MR) is 64.7 cm³/mol. The number of carbonyl (C=O) groups is 1. The van der Waals surface area contributed by atoms with Gasteiger partial charge in [-0.05, 0) is 25.1 Å². The zero-order valence-corrected chi connectivity index (χ0v) is 9.69. The minimum absolute atomic E-state index is 0.00173. The van der Waals surface area contributed by atoms with Crippen molar-refractivity contribution in [2.24, 2.45) is 5.73 Å². The summed E-state index contributed by atoms with van der Waals surface area (Å²) in [6.45, 7) is 1.54. The van der Waals surface area contributed by atoms with Crippen molar-refractivity contribution < 1.29 is 9.18 Å². The minimum atomic E-state index is -0.588. The number of aromatic nitrogens is 2. The van der Waals surface area contributed by atoms with Crippen LogP contribution in [0, 0.1) is 5.95 Å². The smallest absolute Gasteiger partial charge is 0.250 e. The van der Waals surface area contributed by atoms with Crippen molar-refractivity contribution in [1.82, 2.24) is 15.1 Å². The molecule has 1 aromatic heterocycles. The quantitative estimate of drug-likeness (QED) is 0.826. The molecule has 2 heterocycles. The number of benzene rings is 1. The third-order valence-electron chi connectivity index (χ3n) is 3.31. The third-order valence-corrected chi connectivity index (χ3v) is 3.31.